The molecule has 0 fully saturated rings. The summed E-state index contributed by atoms with van der Waals surface area (Å²) in [6.07, 6.45) is 0. The SMILES string of the molecule is NCc1ccc(COc2cccc(O)c2)o1. The molecule has 0 aliphatic carbocycles. The summed E-state index contributed by atoms with van der Waals surface area (Å²) >= 11 is 0. The molecule has 0 saturated heterocycles. The average molecular weight is 219 g/mol. The van der Waals surface area contributed by atoms with E-state index in [2.05, 4.69) is 0 Å². The van der Waals surface area contributed by atoms with Gasteiger partial charge in [0.1, 0.15) is 29.6 Å². The molecule has 1 heterocycles. The first-order valence-electron chi connectivity index (χ1n) is 4.97. The van der Waals surface area contributed by atoms with E-state index < -0.39 is 0 Å². The number of aromatic hydroxyl groups is 1. The fourth-order valence-corrected chi connectivity index (χ4v) is 1.34. The quantitative estimate of drug-likeness (QED) is 0.825. The summed E-state index contributed by atoms with van der Waals surface area (Å²) in [5.41, 5.74) is 5.42. The first-order valence-corrected chi connectivity index (χ1v) is 4.97. The monoisotopic (exact) mass is 219 g/mol. The predicted octanol–water partition coefficient (Wildman–Crippen LogP) is 2.02. The lowest BCUT2D eigenvalue weighted by Crippen LogP contribution is -1.95. The Morgan fingerprint density at radius 3 is 2.69 bits per heavy atom. The van der Waals surface area contributed by atoms with E-state index in [1.54, 1.807) is 24.3 Å². The Hall–Kier alpha value is -1.94. The number of hydrogen-bond acceptors (Lipinski definition) is 4. The summed E-state index contributed by atoms with van der Waals surface area (Å²) in [5.74, 6) is 2.23. The number of furan rings is 1. The third-order valence-corrected chi connectivity index (χ3v) is 2.12. The lowest BCUT2D eigenvalue weighted by molar-refractivity contribution is 0.265. The summed E-state index contributed by atoms with van der Waals surface area (Å²) < 4.78 is 10.8. The van der Waals surface area contributed by atoms with Crippen LogP contribution in [0, 0.1) is 0 Å². The van der Waals surface area contributed by atoms with Crippen molar-refractivity contribution in [2.24, 2.45) is 5.73 Å². The molecule has 0 saturated carbocycles. The molecule has 0 aliphatic rings. The van der Waals surface area contributed by atoms with Gasteiger partial charge < -0.3 is 20.0 Å². The zero-order chi connectivity index (χ0) is 11.4. The average Bonchev–Trinajstić information content (AvgIpc) is 2.74. The molecular formula is C12H13NO3. The van der Waals surface area contributed by atoms with Crippen LogP contribution in [0.5, 0.6) is 11.5 Å². The standard InChI is InChI=1S/C12H13NO3/c13-7-11-4-5-12(16-11)8-15-10-3-1-2-9(14)6-10/h1-6,14H,7-8,13H2. The largest absolute Gasteiger partial charge is 0.508 e. The van der Waals surface area contributed by atoms with Crippen LogP contribution in [0.2, 0.25) is 0 Å². The van der Waals surface area contributed by atoms with Crippen LogP contribution in [0.15, 0.2) is 40.8 Å². The second-order valence-corrected chi connectivity index (χ2v) is 3.36. The Morgan fingerprint density at radius 1 is 1.19 bits per heavy atom. The highest BCUT2D eigenvalue weighted by Crippen LogP contribution is 2.19. The van der Waals surface area contributed by atoms with Crippen molar-refractivity contribution >= 4 is 0 Å². The van der Waals surface area contributed by atoms with Crippen molar-refractivity contribution in [2.45, 2.75) is 13.2 Å². The number of ether oxygens (including phenoxy) is 1. The minimum absolute atomic E-state index is 0.180. The summed E-state index contributed by atoms with van der Waals surface area (Å²) in [4.78, 5) is 0. The van der Waals surface area contributed by atoms with Crippen molar-refractivity contribution in [2.75, 3.05) is 0 Å². The lowest BCUT2D eigenvalue weighted by Gasteiger charge is -2.04. The number of nitrogens with two attached hydrogens (primary N) is 1. The molecule has 84 valence electrons. The molecule has 0 radical (unpaired) electrons. The van der Waals surface area contributed by atoms with Crippen LogP contribution in [0.4, 0.5) is 0 Å². The second-order valence-electron chi connectivity index (χ2n) is 3.36. The molecule has 1 aromatic carbocycles. The highest BCUT2D eigenvalue weighted by Gasteiger charge is 2.02. The van der Waals surface area contributed by atoms with E-state index in [1.807, 2.05) is 12.1 Å². The van der Waals surface area contributed by atoms with Crippen LogP contribution >= 0.6 is 0 Å². The van der Waals surface area contributed by atoms with Gasteiger partial charge in [-0.1, -0.05) is 6.07 Å². The molecule has 0 aliphatic heterocycles. The third-order valence-electron chi connectivity index (χ3n) is 2.12. The Balaban J connectivity index is 1.96. The Morgan fingerprint density at radius 2 is 2.00 bits per heavy atom. The van der Waals surface area contributed by atoms with E-state index in [4.69, 9.17) is 14.9 Å². The number of rotatable bonds is 4. The zero-order valence-electron chi connectivity index (χ0n) is 8.72. The molecule has 1 aromatic heterocycles. The van der Waals surface area contributed by atoms with Gasteiger partial charge in [-0.3, -0.25) is 0 Å². The van der Waals surface area contributed by atoms with E-state index >= 15 is 0 Å². The van der Waals surface area contributed by atoms with E-state index in [1.165, 1.54) is 0 Å². The highest BCUT2D eigenvalue weighted by atomic mass is 16.5. The van der Waals surface area contributed by atoms with Crippen molar-refractivity contribution in [3.8, 4) is 11.5 Å². The maximum absolute atomic E-state index is 9.23. The molecule has 3 N–H and O–H groups in total. The third kappa shape index (κ3) is 2.55. The topological polar surface area (TPSA) is 68.6 Å². The van der Waals surface area contributed by atoms with E-state index in [-0.39, 0.29) is 5.75 Å². The molecule has 2 aromatic rings. The van der Waals surface area contributed by atoms with Gasteiger partial charge in [0.25, 0.3) is 0 Å². The van der Waals surface area contributed by atoms with Crippen LogP contribution in [0.3, 0.4) is 0 Å². The maximum atomic E-state index is 9.23. The second kappa shape index (κ2) is 4.72. The van der Waals surface area contributed by atoms with Crippen LogP contribution in [-0.4, -0.2) is 5.11 Å². The van der Waals surface area contributed by atoms with Crippen molar-refractivity contribution < 1.29 is 14.3 Å². The number of phenols is 1. The lowest BCUT2D eigenvalue weighted by atomic mass is 10.3. The minimum atomic E-state index is 0.180. The molecule has 4 heteroatoms. The fraction of sp³-hybridized carbons (Fsp3) is 0.167. The Labute approximate surface area is 93.3 Å². The van der Waals surface area contributed by atoms with Crippen molar-refractivity contribution in [3.05, 3.63) is 47.9 Å². The Kier molecular flexibility index (Phi) is 3.12. The Bertz CT molecular complexity index is 465. The molecule has 0 atom stereocenters. The van der Waals surface area contributed by atoms with Gasteiger partial charge in [-0.15, -0.1) is 0 Å². The van der Waals surface area contributed by atoms with Gasteiger partial charge in [0.2, 0.25) is 0 Å². The maximum Gasteiger partial charge on any atom is 0.146 e. The first kappa shape index (κ1) is 10.6. The highest BCUT2D eigenvalue weighted by molar-refractivity contribution is 5.31. The number of benzene rings is 1. The van der Waals surface area contributed by atoms with Crippen LogP contribution in [0.1, 0.15) is 11.5 Å². The number of hydrogen-bond donors (Lipinski definition) is 2. The van der Waals surface area contributed by atoms with Crippen molar-refractivity contribution in [3.63, 3.8) is 0 Å². The van der Waals surface area contributed by atoms with Gasteiger partial charge in [-0.25, -0.2) is 0 Å². The van der Waals surface area contributed by atoms with E-state index in [9.17, 15) is 5.11 Å². The van der Waals surface area contributed by atoms with Crippen LogP contribution in [0.25, 0.3) is 0 Å². The summed E-state index contributed by atoms with van der Waals surface area (Å²) in [6.45, 7) is 0.704. The summed E-state index contributed by atoms with van der Waals surface area (Å²) in [7, 11) is 0. The van der Waals surface area contributed by atoms with Crippen molar-refractivity contribution in [1.82, 2.24) is 0 Å². The minimum Gasteiger partial charge on any atom is -0.508 e. The zero-order valence-corrected chi connectivity index (χ0v) is 8.72. The molecule has 0 unspecified atom stereocenters. The number of phenolic OH excluding ortho intramolecular Hbond substituents is 1. The first-order chi connectivity index (χ1) is 7.78. The van der Waals surface area contributed by atoms with Gasteiger partial charge >= 0.3 is 0 Å². The molecule has 16 heavy (non-hydrogen) atoms. The van der Waals surface area contributed by atoms with Crippen LogP contribution < -0.4 is 10.5 Å². The summed E-state index contributed by atoms with van der Waals surface area (Å²) in [5, 5.41) is 9.23. The van der Waals surface area contributed by atoms with Gasteiger partial charge in [0.05, 0.1) is 6.54 Å². The fourth-order valence-electron chi connectivity index (χ4n) is 1.34. The molecule has 0 amide bonds. The molecular weight excluding hydrogens is 206 g/mol. The molecule has 4 nitrogen and oxygen atoms in total. The summed E-state index contributed by atoms with van der Waals surface area (Å²) in [6, 6.07) is 10.3. The molecule has 2 rings (SSSR count). The van der Waals surface area contributed by atoms with Crippen LogP contribution in [-0.2, 0) is 13.2 Å². The van der Waals surface area contributed by atoms with Gasteiger partial charge in [-0.05, 0) is 24.3 Å². The predicted molar refractivity (Wildman–Crippen MR) is 59.0 cm³/mol. The normalized spacial score (nSPS) is 10.3. The van der Waals surface area contributed by atoms with Gasteiger partial charge in [-0.2, -0.15) is 0 Å². The van der Waals surface area contributed by atoms with E-state index in [0.717, 1.165) is 5.76 Å². The van der Waals surface area contributed by atoms with Gasteiger partial charge in [0.15, 0.2) is 0 Å². The van der Waals surface area contributed by atoms with Crippen molar-refractivity contribution in [1.29, 1.82) is 0 Å². The molecule has 0 bridgehead atoms. The molecule has 0 spiro atoms. The smallest absolute Gasteiger partial charge is 0.146 e. The van der Waals surface area contributed by atoms with E-state index in [0.29, 0.717) is 24.7 Å². The van der Waals surface area contributed by atoms with Gasteiger partial charge in [0, 0.05) is 6.07 Å².